The molecule has 1 rings (SSSR count). The van der Waals surface area contributed by atoms with Crippen LogP contribution >= 0.6 is 0 Å². The van der Waals surface area contributed by atoms with Crippen LogP contribution in [0, 0.1) is 0 Å². The second-order valence-corrected chi connectivity index (χ2v) is 4.75. The molecular formula is C18H24N2O4. The Bertz CT molecular complexity index is 594. The van der Waals surface area contributed by atoms with E-state index in [-0.39, 0.29) is 6.54 Å². The maximum atomic E-state index is 10.8. The van der Waals surface area contributed by atoms with Crippen LogP contribution in [0.15, 0.2) is 47.6 Å². The fourth-order valence-electron chi connectivity index (χ4n) is 2.05. The molecule has 1 unspecified atom stereocenters. The number of rotatable bonds is 9. The van der Waals surface area contributed by atoms with Crippen molar-refractivity contribution >= 4 is 24.5 Å². The Morgan fingerprint density at radius 3 is 2.58 bits per heavy atom. The first-order chi connectivity index (χ1) is 11.6. The standard InChI is InChI=1S/C17H20N2O3.CH4O/c1-13(2)9-17(22-12-21)16-6-4-3-5-15(16)14(10-18)11-19-7-8-20;1-2/h3-6,8,10-12,17H,1,7,9,18H2,2H3;2H,1H3/b14-10+,19-11?;. The van der Waals surface area contributed by atoms with E-state index >= 15 is 0 Å². The number of carbonyl (C=O) groups is 2. The van der Waals surface area contributed by atoms with Crippen LogP contribution in [0.3, 0.4) is 0 Å². The molecule has 0 aliphatic carbocycles. The minimum atomic E-state index is -0.444. The van der Waals surface area contributed by atoms with Gasteiger partial charge in [0.25, 0.3) is 6.47 Å². The first-order valence-corrected chi connectivity index (χ1v) is 7.26. The molecule has 0 aliphatic heterocycles. The van der Waals surface area contributed by atoms with Crippen LogP contribution in [-0.2, 0) is 14.3 Å². The third-order valence-corrected chi connectivity index (χ3v) is 2.96. The molecule has 0 saturated carbocycles. The zero-order chi connectivity index (χ0) is 18.4. The Kier molecular flexibility index (Phi) is 11.3. The van der Waals surface area contributed by atoms with E-state index < -0.39 is 6.10 Å². The highest BCUT2D eigenvalue weighted by molar-refractivity contribution is 6.10. The second kappa shape index (κ2) is 12.8. The number of aliphatic hydroxyl groups is 1. The van der Waals surface area contributed by atoms with Crippen LogP contribution < -0.4 is 5.73 Å². The lowest BCUT2D eigenvalue weighted by Crippen LogP contribution is -2.08. The van der Waals surface area contributed by atoms with E-state index in [4.69, 9.17) is 15.6 Å². The Balaban J connectivity index is 0.00000254. The van der Waals surface area contributed by atoms with Crippen molar-refractivity contribution in [3.8, 4) is 0 Å². The van der Waals surface area contributed by atoms with Crippen LogP contribution in [0.4, 0.5) is 0 Å². The molecule has 3 N–H and O–H groups in total. The highest BCUT2D eigenvalue weighted by Crippen LogP contribution is 2.29. The molecule has 0 bridgehead atoms. The summed E-state index contributed by atoms with van der Waals surface area (Å²) in [6.45, 7) is 6.22. The van der Waals surface area contributed by atoms with E-state index in [1.807, 2.05) is 31.2 Å². The number of aldehydes is 1. The van der Waals surface area contributed by atoms with Crippen LogP contribution in [0.5, 0.6) is 0 Å². The number of hydrogen-bond acceptors (Lipinski definition) is 6. The predicted molar refractivity (Wildman–Crippen MR) is 95.5 cm³/mol. The summed E-state index contributed by atoms with van der Waals surface area (Å²) in [5.41, 5.74) is 8.82. The van der Waals surface area contributed by atoms with E-state index in [1.54, 1.807) is 0 Å². The third kappa shape index (κ3) is 7.02. The quantitative estimate of drug-likeness (QED) is 0.409. The van der Waals surface area contributed by atoms with Crippen LogP contribution in [0.25, 0.3) is 5.57 Å². The smallest absolute Gasteiger partial charge is 0.293 e. The minimum Gasteiger partial charge on any atom is -0.459 e. The fraction of sp³-hybridized carbons (Fsp3) is 0.278. The third-order valence-electron chi connectivity index (χ3n) is 2.96. The molecule has 0 spiro atoms. The normalized spacial score (nSPS) is 12.0. The molecule has 130 valence electrons. The van der Waals surface area contributed by atoms with Gasteiger partial charge in [-0.25, -0.2) is 0 Å². The van der Waals surface area contributed by atoms with Crippen molar-refractivity contribution in [1.29, 1.82) is 0 Å². The second-order valence-electron chi connectivity index (χ2n) is 4.75. The van der Waals surface area contributed by atoms with E-state index in [1.165, 1.54) is 12.4 Å². The summed E-state index contributed by atoms with van der Waals surface area (Å²) < 4.78 is 5.19. The number of nitrogens with two attached hydrogens (primary N) is 1. The van der Waals surface area contributed by atoms with Crippen molar-refractivity contribution < 1.29 is 19.4 Å². The summed E-state index contributed by atoms with van der Waals surface area (Å²) in [6.07, 6.45) is 3.72. The number of nitrogens with zero attached hydrogens (tertiary/aromatic N) is 1. The molecule has 0 heterocycles. The van der Waals surface area contributed by atoms with Crippen molar-refractivity contribution in [3.63, 3.8) is 0 Å². The predicted octanol–water partition coefficient (Wildman–Crippen LogP) is 2.04. The topological polar surface area (TPSA) is 102 Å². The molecule has 0 fully saturated rings. The summed E-state index contributed by atoms with van der Waals surface area (Å²) in [4.78, 5) is 25.1. The number of carbonyl (C=O) groups excluding carboxylic acids is 2. The van der Waals surface area contributed by atoms with Crippen LogP contribution in [-0.4, -0.2) is 37.7 Å². The summed E-state index contributed by atoms with van der Waals surface area (Å²) >= 11 is 0. The Hall–Kier alpha value is -2.73. The number of hydrogen-bond donors (Lipinski definition) is 2. The monoisotopic (exact) mass is 332 g/mol. The average Bonchev–Trinajstić information content (AvgIpc) is 2.60. The first kappa shape index (κ1) is 21.3. The molecule has 1 aromatic rings. The zero-order valence-corrected chi connectivity index (χ0v) is 14.0. The van der Waals surface area contributed by atoms with E-state index in [9.17, 15) is 9.59 Å². The van der Waals surface area contributed by atoms with Gasteiger partial charge in [-0.05, 0) is 12.5 Å². The molecule has 1 atom stereocenters. The largest absolute Gasteiger partial charge is 0.459 e. The highest BCUT2D eigenvalue weighted by Gasteiger charge is 2.17. The fourth-order valence-corrected chi connectivity index (χ4v) is 2.05. The molecule has 0 aromatic heterocycles. The molecule has 24 heavy (non-hydrogen) atoms. The number of allylic oxidation sites excluding steroid dienone is 1. The van der Waals surface area contributed by atoms with Gasteiger partial charge in [-0.2, -0.15) is 0 Å². The van der Waals surface area contributed by atoms with Crippen LogP contribution in [0.1, 0.15) is 30.6 Å². The van der Waals surface area contributed by atoms with Gasteiger partial charge >= 0.3 is 0 Å². The average molecular weight is 332 g/mol. The van der Waals surface area contributed by atoms with Gasteiger partial charge in [0.2, 0.25) is 0 Å². The van der Waals surface area contributed by atoms with Gasteiger partial charge in [-0.15, -0.1) is 0 Å². The van der Waals surface area contributed by atoms with Crippen molar-refractivity contribution in [2.75, 3.05) is 13.7 Å². The Morgan fingerprint density at radius 2 is 2.04 bits per heavy atom. The van der Waals surface area contributed by atoms with E-state index in [0.29, 0.717) is 24.8 Å². The van der Waals surface area contributed by atoms with E-state index in [0.717, 1.165) is 23.8 Å². The maximum absolute atomic E-state index is 10.8. The molecular weight excluding hydrogens is 308 g/mol. The number of benzene rings is 1. The van der Waals surface area contributed by atoms with Gasteiger partial charge in [0.1, 0.15) is 12.4 Å². The number of aliphatic hydroxyl groups excluding tert-OH is 1. The maximum Gasteiger partial charge on any atom is 0.293 e. The van der Waals surface area contributed by atoms with Crippen molar-refractivity contribution in [3.05, 3.63) is 53.7 Å². The van der Waals surface area contributed by atoms with E-state index in [2.05, 4.69) is 11.6 Å². The summed E-state index contributed by atoms with van der Waals surface area (Å²) in [6, 6.07) is 7.44. The van der Waals surface area contributed by atoms with Gasteiger partial charge in [0.05, 0.1) is 6.54 Å². The van der Waals surface area contributed by atoms with Gasteiger partial charge < -0.3 is 20.4 Å². The van der Waals surface area contributed by atoms with Gasteiger partial charge in [-0.1, -0.05) is 36.4 Å². The molecule has 6 nitrogen and oxygen atoms in total. The first-order valence-electron chi connectivity index (χ1n) is 7.26. The summed E-state index contributed by atoms with van der Waals surface area (Å²) in [5, 5.41) is 7.00. The lowest BCUT2D eigenvalue weighted by Gasteiger charge is -2.19. The number of aliphatic imine (C=N–C) groups is 1. The van der Waals surface area contributed by atoms with Crippen molar-refractivity contribution in [2.24, 2.45) is 10.7 Å². The van der Waals surface area contributed by atoms with Gasteiger partial charge in [0.15, 0.2) is 0 Å². The SMILES string of the molecule is C=C(C)CC(OC=O)c1ccccc1/C(C=NCC=O)=C/N.CO. The zero-order valence-electron chi connectivity index (χ0n) is 14.0. The summed E-state index contributed by atoms with van der Waals surface area (Å²) in [5.74, 6) is 0. The van der Waals surface area contributed by atoms with Gasteiger partial charge in [-0.3, -0.25) is 9.79 Å². The molecule has 1 aromatic carbocycles. The lowest BCUT2D eigenvalue weighted by atomic mass is 9.94. The Morgan fingerprint density at radius 1 is 1.38 bits per heavy atom. The molecule has 6 heteroatoms. The number of ether oxygens (including phenoxy) is 1. The van der Waals surface area contributed by atoms with Crippen LogP contribution in [0.2, 0.25) is 0 Å². The molecule has 0 radical (unpaired) electrons. The Labute approximate surface area is 142 Å². The molecule has 0 aliphatic rings. The lowest BCUT2D eigenvalue weighted by molar-refractivity contribution is -0.133. The van der Waals surface area contributed by atoms with Crippen molar-refractivity contribution in [1.82, 2.24) is 0 Å². The summed E-state index contributed by atoms with van der Waals surface area (Å²) in [7, 11) is 1.00. The minimum absolute atomic E-state index is 0.0690. The van der Waals surface area contributed by atoms with Gasteiger partial charge in [0, 0.05) is 37.1 Å². The molecule has 0 amide bonds. The molecule has 0 saturated heterocycles. The highest BCUT2D eigenvalue weighted by atomic mass is 16.5. The van der Waals surface area contributed by atoms with Crippen molar-refractivity contribution in [2.45, 2.75) is 19.4 Å².